The summed E-state index contributed by atoms with van der Waals surface area (Å²) in [6, 6.07) is 0. The van der Waals surface area contributed by atoms with Crippen molar-refractivity contribution in [3.05, 3.63) is 0 Å². The zero-order valence-electron chi connectivity index (χ0n) is 7.35. The molecule has 0 bridgehead atoms. The highest BCUT2D eigenvalue weighted by atomic mass is 35.5. The minimum absolute atomic E-state index is 0.256. The van der Waals surface area contributed by atoms with Gasteiger partial charge in [0.15, 0.2) is 0 Å². The summed E-state index contributed by atoms with van der Waals surface area (Å²) in [5.41, 5.74) is 0. The van der Waals surface area contributed by atoms with Crippen LogP contribution >= 0.6 is 11.6 Å². The first-order chi connectivity index (χ1) is 5.20. The van der Waals surface area contributed by atoms with Crippen LogP contribution in [0, 0.1) is 5.92 Å². The lowest BCUT2D eigenvalue weighted by molar-refractivity contribution is 0.00748. The van der Waals surface area contributed by atoms with Crippen LogP contribution in [0.2, 0.25) is 0 Å². The summed E-state index contributed by atoms with van der Waals surface area (Å²) in [6.45, 7) is 5.32. The molecular formula is C9H17ClO. The van der Waals surface area contributed by atoms with Gasteiger partial charge in [-0.25, -0.2) is 0 Å². The molecule has 1 aliphatic rings. The van der Waals surface area contributed by atoms with Crippen LogP contribution in [-0.2, 0) is 4.74 Å². The first-order valence-electron chi connectivity index (χ1n) is 4.46. The molecule has 1 nitrogen and oxygen atoms in total. The van der Waals surface area contributed by atoms with Gasteiger partial charge in [-0.05, 0) is 25.2 Å². The molecule has 0 aromatic rings. The number of alkyl halides is 1. The molecule has 0 saturated carbocycles. The molecule has 1 rings (SSSR count). The van der Waals surface area contributed by atoms with Gasteiger partial charge in [0.05, 0.1) is 11.5 Å². The Hall–Kier alpha value is 0.250. The second-order valence-corrected chi connectivity index (χ2v) is 4.26. The van der Waals surface area contributed by atoms with Gasteiger partial charge in [0, 0.05) is 6.61 Å². The number of ether oxygens (including phenoxy) is 1. The van der Waals surface area contributed by atoms with E-state index in [1.165, 1.54) is 0 Å². The Kier molecular flexibility index (Phi) is 3.67. The summed E-state index contributed by atoms with van der Waals surface area (Å²) in [5.74, 6) is 0.694. The molecule has 0 aromatic heterocycles. The molecule has 0 radical (unpaired) electrons. The first kappa shape index (κ1) is 9.34. The zero-order chi connectivity index (χ0) is 8.27. The van der Waals surface area contributed by atoms with Crippen LogP contribution in [0.15, 0.2) is 0 Å². The molecule has 2 atom stereocenters. The number of hydrogen-bond acceptors (Lipinski definition) is 1. The van der Waals surface area contributed by atoms with Gasteiger partial charge in [0.2, 0.25) is 0 Å². The third-order valence-corrected chi connectivity index (χ3v) is 2.56. The van der Waals surface area contributed by atoms with E-state index < -0.39 is 0 Å². The lowest BCUT2D eigenvalue weighted by Crippen LogP contribution is -2.31. The summed E-state index contributed by atoms with van der Waals surface area (Å²) < 4.78 is 5.57. The minimum atomic E-state index is 0.256. The Balaban J connectivity index is 2.29. The van der Waals surface area contributed by atoms with Crippen molar-refractivity contribution in [3.63, 3.8) is 0 Å². The number of hydrogen-bond donors (Lipinski definition) is 0. The smallest absolute Gasteiger partial charge is 0.0741 e. The first-order valence-corrected chi connectivity index (χ1v) is 4.89. The lowest BCUT2D eigenvalue weighted by Gasteiger charge is -2.28. The van der Waals surface area contributed by atoms with Gasteiger partial charge in [-0.1, -0.05) is 13.8 Å². The van der Waals surface area contributed by atoms with E-state index in [0.29, 0.717) is 12.0 Å². The predicted molar refractivity (Wildman–Crippen MR) is 48.1 cm³/mol. The van der Waals surface area contributed by atoms with E-state index in [1.54, 1.807) is 0 Å². The summed E-state index contributed by atoms with van der Waals surface area (Å²) in [5, 5.41) is 0.256. The highest BCUT2D eigenvalue weighted by molar-refractivity contribution is 6.21. The molecule has 0 aliphatic carbocycles. The monoisotopic (exact) mass is 176 g/mol. The van der Waals surface area contributed by atoms with Gasteiger partial charge < -0.3 is 4.74 Å². The van der Waals surface area contributed by atoms with Crippen molar-refractivity contribution in [2.24, 2.45) is 5.92 Å². The van der Waals surface area contributed by atoms with Crippen LogP contribution in [0.4, 0.5) is 0 Å². The van der Waals surface area contributed by atoms with Gasteiger partial charge >= 0.3 is 0 Å². The van der Waals surface area contributed by atoms with Gasteiger partial charge in [0.25, 0.3) is 0 Å². The van der Waals surface area contributed by atoms with Gasteiger partial charge in [-0.2, -0.15) is 0 Å². The normalized spacial score (nSPS) is 32.7. The van der Waals surface area contributed by atoms with E-state index in [0.717, 1.165) is 25.9 Å². The number of halogens is 1. The van der Waals surface area contributed by atoms with Crippen LogP contribution in [0.3, 0.4) is 0 Å². The van der Waals surface area contributed by atoms with E-state index in [4.69, 9.17) is 16.3 Å². The van der Waals surface area contributed by atoms with E-state index in [1.807, 2.05) is 0 Å². The van der Waals surface area contributed by atoms with Crippen molar-refractivity contribution in [1.82, 2.24) is 0 Å². The van der Waals surface area contributed by atoms with E-state index in [2.05, 4.69) is 13.8 Å². The Morgan fingerprint density at radius 2 is 2.27 bits per heavy atom. The second kappa shape index (κ2) is 4.32. The highest BCUT2D eigenvalue weighted by Crippen LogP contribution is 2.24. The molecular weight excluding hydrogens is 160 g/mol. The molecule has 0 aromatic carbocycles. The molecule has 66 valence electrons. The topological polar surface area (TPSA) is 9.23 Å². The maximum atomic E-state index is 6.10. The van der Waals surface area contributed by atoms with Crippen molar-refractivity contribution in [2.75, 3.05) is 6.61 Å². The molecule has 0 amide bonds. The quantitative estimate of drug-likeness (QED) is 0.588. The third-order valence-electron chi connectivity index (χ3n) is 2.06. The Morgan fingerprint density at radius 3 is 2.82 bits per heavy atom. The Bertz CT molecular complexity index is 114. The van der Waals surface area contributed by atoms with Crippen LogP contribution in [0.25, 0.3) is 0 Å². The fourth-order valence-electron chi connectivity index (χ4n) is 1.48. The summed E-state index contributed by atoms with van der Waals surface area (Å²) in [6.07, 6.45) is 3.67. The zero-order valence-corrected chi connectivity index (χ0v) is 8.10. The largest absolute Gasteiger partial charge is 0.377 e. The van der Waals surface area contributed by atoms with E-state index in [9.17, 15) is 0 Å². The molecule has 2 heteroatoms. The molecule has 0 spiro atoms. The molecule has 0 N–H and O–H groups in total. The minimum Gasteiger partial charge on any atom is -0.377 e. The average molecular weight is 177 g/mol. The standard InChI is InChI=1S/C9H17ClO/c1-7(2)6-9-8(10)4-3-5-11-9/h7-9H,3-6H2,1-2H3/t8-,9-/m0/s1. The summed E-state index contributed by atoms with van der Waals surface area (Å²) >= 11 is 6.10. The highest BCUT2D eigenvalue weighted by Gasteiger charge is 2.24. The van der Waals surface area contributed by atoms with Crippen LogP contribution in [0.1, 0.15) is 33.1 Å². The van der Waals surface area contributed by atoms with Crippen molar-refractivity contribution in [2.45, 2.75) is 44.6 Å². The molecule has 1 heterocycles. The molecule has 0 unspecified atom stereocenters. The summed E-state index contributed by atoms with van der Waals surface area (Å²) in [7, 11) is 0. The second-order valence-electron chi connectivity index (χ2n) is 3.70. The van der Waals surface area contributed by atoms with Crippen LogP contribution in [-0.4, -0.2) is 18.1 Å². The molecule has 1 fully saturated rings. The number of rotatable bonds is 2. The van der Waals surface area contributed by atoms with Crippen molar-refractivity contribution in [1.29, 1.82) is 0 Å². The van der Waals surface area contributed by atoms with Gasteiger partial charge in [-0.15, -0.1) is 11.6 Å². The molecule has 1 saturated heterocycles. The lowest BCUT2D eigenvalue weighted by atomic mass is 9.99. The third kappa shape index (κ3) is 3.00. The fourth-order valence-corrected chi connectivity index (χ4v) is 1.81. The van der Waals surface area contributed by atoms with Crippen LogP contribution < -0.4 is 0 Å². The molecule has 1 aliphatic heterocycles. The summed E-state index contributed by atoms with van der Waals surface area (Å²) in [4.78, 5) is 0. The maximum Gasteiger partial charge on any atom is 0.0741 e. The van der Waals surface area contributed by atoms with Crippen molar-refractivity contribution < 1.29 is 4.74 Å². The SMILES string of the molecule is CC(C)C[C@@H]1OCCC[C@@H]1Cl. The van der Waals surface area contributed by atoms with E-state index >= 15 is 0 Å². The van der Waals surface area contributed by atoms with Gasteiger partial charge in [-0.3, -0.25) is 0 Å². The Labute approximate surface area is 74.1 Å². The average Bonchev–Trinajstić information content (AvgIpc) is 1.93. The van der Waals surface area contributed by atoms with Crippen LogP contribution in [0.5, 0.6) is 0 Å². The van der Waals surface area contributed by atoms with Crippen molar-refractivity contribution >= 4 is 11.6 Å². The van der Waals surface area contributed by atoms with Gasteiger partial charge in [0.1, 0.15) is 0 Å². The Morgan fingerprint density at radius 1 is 1.55 bits per heavy atom. The van der Waals surface area contributed by atoms with E-state index in [-0.39, 0.29) is 5.38 Å². The fraction of sp³-hybridized carbons (Fsp3) is 1.00. The predicted octanol–water partition coefficient (Wildman–Crippen LogP) is 2.82. The van der Waals surface area contributed by atoms with Crippen molar-refractivity contribution in [3.8, 4) is 0 Å². The maximum absolute atomic E-state index is 6.10. The molecule has 11 heavy (non-hydrogen) atoms.